The van der Waals surface area contributed by atoms with Gasteiger partial charge in [0.1, 0.15) is 5.60 Å². The maximum atomic E-state index is 12.0. The van der Waals surface area contributed by atoms with Crippen LogP contribution in [0.25, 0.3) is 0 Å². The molecule has 0 unspecified atom stereocenters. The van der Waals surface area contributed by atoms with Gasteiger partial charge in [-0.3, -0.25) is 0 Å². The van der Waals surface area contributed by atoms with E-state index in [1.807, 2.05) is 25.7 Å². The largest absolute Gasteiger partial charge is 0.444 e. The van der Waals surface area contributed by atoms with Crippen LogP contribution >= 0.6 is 0 Å². The number of hydrogen-bond donors (Lipinski definition) is 1. The van der Waals surface area contributed by atoms with Gasteiger partial charge in [0.15, 0.2) is 0 Å². The van der Waals surface area contributed by atoms with Crippen LogP contribution < -0.4 is 5.32 Å². The Labute approximate surface area is 134 Å². The summed E-state index contributed by atoms with van der Waals surface area (Å²) in [4.78, 5) is 13.8. The van der Waals surface area contributed by atoms with Gasteiger partial charge in [0.25, 0.3) is 0 Å². The van der Waals surface area contributed by atoms with E-state index in [0.29, 0.717) is 5.92 Å². The van der Waals surface area contributed by atoms with E-state index in [2.05, 4.69) is 5.32 Å². The van der Waals surface area contributed by atoms with Crippen molar-refractivity contribution >= 4 is 6.09 Å². The number of carbonyl (C=O) groups is 1. The number of carbonyl (C=O) groups excluding carboxylic acids is 1. The highest BCUT2D eigenvalue weighted by Crippen LogP contribution is 2.21. The van der Waals surface area contributed by atoms with Crippen LogP contribution in [0.1, 0.15) is 46.5 Å². The van der Waals surface area contributed by atoms with E-state index in [0.717, 1.165) is 58.2 Å². The highest BCUT2D eigenvalue weighted by Gasteiger charge is 2.27. The lowest BCUT2D eigenvalue weighted by atomic mass is 9.97. The summed E-state index contributed by atoms with van der Waals surface area (Å²) in [6.07, 6.45) is 4.33. The lowest BCUT2D eigenvalue weighted by molar-refractivity contribution is 0.00824. The minimum Gasteiger partial charge on any atom is -0.444 e. The summed E-state index contributed by atoms with van der Waals surface area (Å²) >= 11 is 0. The molecule has 5 heteroatoms. The van der Waals surface area contributed by atoms with Crippen molar-refractivity contribution < 1.29 is 14.3 Å². The number of rotatable bonds is 4. The standard InChI is InChI=1S/C17H32N2O3/c1-17(2,3)22-16(20)19-10-6-15(7-11-19)13-21-12-14-4-8-18-9-5-14/h14-15,18H,4-13H2,1-3H3. The molecule has 0 atom stereocenters. The van der Waals surface area contributed by atoms with Gasteiger partial charge >= 0.3 is 6.09 Å². The van der Waals surface area contributed by atoms with Gasteiger partial charge in [0, 0.05) is 26.3 Å². The summed E-state index contributed by atoms with van der Waals surface area (Å²) in [6, 6.07) is 0. The van der Waals surface area contributed by atoms with Crippen molar-refractivity contribution in [2.24, 2.45) is 11.8 Å². The Kier molecular flexibility index (Phi) is 6.50. The molecule has 2 fully saturated rings. The van der Waals surface area contributed by atoms with E-state index in [9.17, 15) is 4.79 Å². The topological polar surface area (TPSA) is 50.8 Å². The first-order valence-electron chi connectivity index (χ1n) is 8.70. The average molecular weight is 312 g/mol. The van der Waals surface area contributed by atoms with E-state index < -0.39 is 5.60 Å². The molecule has 2 heterocycles. The van der Waals surface area contributed by atoms with Crippen LogP contribution in [-0.4, -0.2) is 56.0 Å². The highest BCUT2D eigenvalue weighted by atomic mass is 16.6. The number of piperidine rings is 2. The molecule has 0 aromatic carbocycles. The summed E-state index contributed by atoms with van der Waals surface area (Å²) in [5.41, 5.74) is -0.411. The third-order valence-electron chi connectivity index (χ3n) is 4.43. The molecule has 128 valence electrons. The quantitative estimate of drug-likeness (QED) is 0.867. The van der Waals surface area contributed by atoms with E-state index in [-0.39, 0.29) is 6.09 Å². The van der Waals surface area contributed by atoms with Crippen molar-refractivity contribution in [3.8, 4) is 0 Å². The number of ether oxygens (including phenoxy) is 2. The normalized spacial score (nSPS) is 21.9. The van der Waals surface area contributed by atoms with E-state index in [1.54, 1.807) is 0 Å². The molecule has 0 bridgehead atoms. The molecule has 0 aromatic heterocycles. The monoisotopic (exact) mass is 312 g/mol. The maximum Gasteiger partial charge on any atom is 0.410 e. The minimum atomic E-state index is -0.411. The zero-order valence-corrected chi connectivity index (χ0v) is 14.4. The van der Waals surface area contributed by atoms with Gasteiger partial charge in [-0.25, -0.2) is 4.79 Å². The van der Waals surface area contributed by atoms with Crippen LogP contribution in [0, 0.1) is 11.8 Å². The molecule has 0 spiro atoms. The predicted molar refractivity (Wildman–Crippen MR) is 86.9 cm³/mol. The number of likely N-dealkylation sites (tertiary alicyclic amines) is 1. The van der Waals surface area contributed by atoms with Crippen LogP contribution in [0.2, 0.25) is 0 Å². The van der Waals surface area contributed by atoms with Gasteiger partial charge in [0.2, 0.25) is 0 Å². The molecule has 5 nitrogen and oxygen atoms in total. The first-order chi connectivity index (χ1) is 10.4. The number of nitrogens with one attached hydrogen (secondary N) is 1. The van der Waals surface area contributed by atoms with Crippen LogP contribution in [0.4, 0.5) is 4.79 Å². The van der Waals surface area contributed by atoms with Crippen LogP contribution in [0.15, 0.2) is 0 Å². The Balaban J connectivity index is 1.59. The van der Waals surface area contributed by atoms with E-state index in [4.69, 9.17) is 9.47 Å². The Hall–Kier alpha value is -0.810. The van der Waals surface area contributed by atoms with Crippen LogP contribution in [0.5, 0.6) is 0 Å². The number of amides is 1. The molecule has 2 aliphatic heterocycles. The van der Waals surface area contributed by atoms with Crippen molar-refractivity contribution in [2.75, 3.05) is 39.4 Å². The fourth-order valence-electron chi connectivity index (χ4n) is 3.06. The second-order valence-electron chi connectivity index (χ2n) is 7.64. The lowest BCUT2D eigenvalue weighted by Gasteiger charge is -2.33. The Morgan fingerprint density at radius 2 is 1.59 bits per heavy atom. The van der Waals surface area contributed by atoms with E-state index in [1.165, 1.54) is 12.8 Å². The van der Waals surface area contributed by atoms with Gasteiger partial charge in [0.05, 0.1) is 0 Å². The van der Waals surface area contributed by atoms with Gasteiger partial charge in [-0.05, 0) is 71.4 Å². The van der Waals surface area contributed by atoms with Gasteiger partial charge < -0.3 is 19.7 Å². The van der Waals surface area contributed by atoms with Crippen molar-refractivity contribution in [1.82, 2.24) is 10.2 Å². The van der Waals surface area contributed by atoms with Crippen molar-refractivity contribution in [3.05, 3.63) is 0 Å². The Bertz CT molecular complexity index is 340. The summed E-state index contributed by atoms with van der Waals surface area (Å²) in [7, 11) is 0. The molecular formula is C17H32N2O3. The van der Waals surface area contributed by atoms with Crippen molar-refractivity contribution in [3.63, 3.8) is 0 Å². The molecule has 22 heavy (non-hydrogen) atoms. The highest BCUT2D eigenvalue weighted by molar-refractivity contribution is 5.68. The maximum absolute atomic E-state index is 12.0. The SMILES string of the molecule is CC(C)(C)OC(=O)N1CCC(COCC2CCNCC2)CC1. The summed E-state index contributed by atoms with van der Waals surface area (Å²) in [5.74, 6) is 1.31. The van der Waals surface area contributed by atoms with Crippen LogP contribution in [-0.2, 0) is 9.47 Å². The molecule has 2 rings (SSSR count). The first kappa shape index (κ1) is 17.5. The second kappa shape index (κ2) is 8.16. The Morgan fingerprint density at radius 1 is 1.05 bits per heavy atom. The predicted octanol–water partition coefficient (Wildman–Crippen LogP) is 2.65. The zero-order chi connectivity index (χ0) is 16.0. The van der Waals surface area contributed by atoms with Gasteiger partial charge in [-0.1, -0.05) is 0 Å². The molecule has 2 saturated heterocycles. The molecule has 0 radical (unpaired) electrons. The minimum absolute atomic E-state index is 0.179. The third-order valence-corrected chi connectivity index (χ3v) is 4.43. The molecule has 1 amide bonds. The second-order valence-corrected chi connectivity index (χ2v) is 7.64. The molecule has 0 aliphatic carbocycles. The molecule has 1 N–H and O–H groups in total. The van der Waals surface area contributed by atoms with Crippen molar-refractivity contribution in [1.29, 1.82) is 0 Å². The molecule has 2 aliphatic rings. The molecule has 0 aromatic rings. The van der Waals surface area contributed by atoms with Gasteiger partial charge in [-0.15, -0.1) is 0 Å². The summed E-state index contributed by atoms with van der Waals surface area (Å²) in [6.45, 7) is 11.3. The van der Waals surface area contributed by atoms with Crippen molar-refractivity contribution in [2.45, 2.75) is 52.1 Å². The van der Waals surface area contributed by atoms with Crippen LogP contribution in [0.3, 0.4) is 0 Å². The molecular weight excluding hydrogens is 280 g/mol. The smallest absolute Gasteiger partial charge is 0.410 e. The summed E-state index contributed by atoms with van der Waals surface area (Å²) < 4.78 is 11.3. The fraction of sp³-hybridized carbons (Fsp3) is 0.941. The average Bonchev–Trinajstić information content (AvgIpc) is 2.47. The first-order valence-corrected chi connectivity index (χ1v) is 8.70. The molecule has 0 saturated carbocycles. The number of hydrogen-bond acceptors (Lipinski definition) is 4. The van der Waals surface area contributed by atoms with E-state index >= 15 is 0 Å². The van der Waals surface area contributed by atoms with Gasteiger partial charge in [-0.2, -0.15) is 0 Å². The third kappa shape index (κ3) is 6.13. The lowest BCUT2D eigenvalue weighted by Crippen LogP contribution is -2.42. The Morgan fingerprint density at radius 3 is 2.14 bits per heavy atom. The number of nitrogens with zero attached hydrogens (tertiary/aromatic N) is 1. The fourth-order valence-corrected chi connectivity index (χ4v) is 3.06. The zero-order valence-electron chi connectivity index (χ0n) is 14.4. The summed E-state index contributed by atoms with van der Waals surface area (Å²) in [5, 5.41) is 3.38.